The fraction of sp³-hybridized carbons (Fsp3) is 0.818. The number of nitrogens with one attached hydrogen (secondary N) is 2. The van der Waals surface area contributed by atoms with Crippen LogP contribution in [0.15, 0.2) is 0 Å². The van der Waals surface area contributed by atoms with Crippen molar-refractivity contribution in [3.8, 4) is 0 Å². The van der Waals surface area contributed by atoms with Crippen molar-refractivity contribution in [3.05, 3.63) is 0 Å². The van der Waals surface area contributed by atoms with Crippen molar-refractivity contribution < 1.29 is 13.2 Å². The standard InChI is InChI=1S/C11H23N3O3S2/c1-4-11(5-2,9(12)18)10(15)13-7-8-19(16,17)14-6-3/h14H,4-8H2,1-3H3,(H2,12,18)(H,13,15). The van der Waals surface area contributed by atoms with Crippen molar-refractivity contribution in [2.75, 3.05) is 18.8 Å². The summed E-state index contributed by atoms with van der Waals surface area (Å²) in [6.07, 6.45) is 0.981. The van der Waals surface area contributed by atoms with E-state index >= 15 is 0 Å². The van der Waals surface area contributed by atoms with Crippen LogP contribution in [-0.4, -0.2) is 38.2 Å². The lowest BCUT2D eigenvalue weighted by Gasteiger charge is -2.28. The van der Waals surface area contributed by atoms with Gasteiger partial charge in [0.05, 0.1) is 16.2 Å². The van der Waals surface area contributed by atoms with E-state index in [4.69, 9.17) is 18.0 Å². The highest BCUT2D eigenvalue weighted by molar-refractivity contribution is 7.89. The Kier molecular flexibility index (Phi) is 7.46. The second-order valence-corrected chi connectivity index (χ2v) is 6.59. The summed E-state index contributed by atoms with van der Waals surface area (Å²) in [5, 5.41) is 2.60. The molecule has 0 aromatic rings. The second-order valence-electron chi connectivity index (χ2n) is 4.23. The fourth-order valence-electron chi connectivity index (χ4n) is 1.79. The van der Waals surface area contributed by atoms with E-state index in [-0.39, 0.29) is 23.2 Å². The predicted octanol–water partition coefficient (Wildman–Crippen LogP) is 0.134. The lowest BCUT2D eigenvalue weighted by atomic mass is 9.81. The van der Waals surface area contributed by atoms with E-state index in [2.05, 4.69) is 10.0 Å². The van der Waals surface area contributed by atoms with Gasteiger partial charge in [-0.2, -0.15) is 0 Å². The lowest BCUT2D eigenvalue weighted by Crippen LogP contribution is -2.49. The Labute approximate surface area is 120 Å². The van der Waals surface area contributed by atoms with Gasteiger partial charge in [-0.05, 0) is 12.8 Å². The summed E-state index contributed by atoms with van der Waals surface area (Å²) < 4.78 is 25.2. The zero-order chi connectivity index (χ0) is 15.1. The van der Waals surface area contributed by atoms with E-state index in [0.29, 0.717) is 19.4 Å². The zero-order valence-electron chi connectivity index (χ0n) is 11.7. The first-order chi connectivity index (χ1) is 8.75. The number of hydrogen-bond acceptors (Lipinski definition) is 4. The predicted molar refractivity (Wildman–Crippen MR) is 80.3 cm³/mol. The Bertz CT molecular complexity index is 417. The van der Waals surface area contributed by atoms with Crippen molar-refractivity contribution in [2.24, 2.45) is 11.1 Å². The molecule has 0 radical (unpaired) electrons. The number of carbonyl (C=O) groups excluding carboxylic acids is 1. The summed E-state index contributed by atoms with van der Waals surface area (Å²) in [4.78, 5) is 12.3. The van der Waals surface area contributed by atoms with Crippen molar-refractivity contribution in [3.63, 3.8) is 0 Å². The maximum absolute atomic E-state index is 12.1. The van der Waals surface area contributed by atoms with Crippen LogP contribution in [0.4, 0.5) is 0 Å². The minimum Gasteiger partial charge on any atom is -0.392 e. The molecule has 0 saturated heterocycles. The number of amides is 1. The van der Waals surface area contributed by atoms with E-state index in [9.17, 15) is 13.2 Å². The molecule has 0 saturated carbocycles. The first kappa shape index (κ1) is 18.3. The largest absolute Gasteiger partial charge is 0.392 e. The second kappa shape index (κ2) is 7.76. The average molecular weight is 309 g/mol. The van der Waals surface area contributed by atoms with Gasteiger partial charge in [0, 0.05) is 13.1 Å². The Morgan fingerprint density at radius 1 is 1.26 bits per heavy atom. The summed E-state index contributed by atoms with van der Waals surface area (Å²) in [6.45, 7) is 5.73. The van der Waals surface area contributed by atoms with Gasteiger partial charge in [-0.25, -0.2) is 13.1 Å². The van der Waals surface area contributed by atoms with Crippen LogP contribution >= 0.6 is 12.2 Å². The summed E-state index contributed by atoms with van der Waals surface area (Å²) >= 11 is 4.96. The summed E-state index contributed by atoms with van der Waals surface area (Å²) in [6, 6.07) is 0. The van der Waals surface area contributed by atoms with Crippen molar-refractivity contribution in [1.29, 1.82) is 0 Å². The zero-order valence-corrected chi connectivity index (χ0v) is 13.3. The molecular formula is C11H23N3O3S2. The number of carbonyl (C=O) groups is 1. The van der Waals surface area contributed by atoms with Gasteiger partial charge in [-0.15, -0.1) is 0 Å². The van der Waals surface area contributed by atoms with Gasteiger partial charge in [0.2, 0.25) is 15.9 Å². The minimum atomic E-state index is -3.34. The maximum atomic E-state index is 12.1. The molecule has 0 atom stereocenters. The van der Waals surface area contributed by atoms with Gasteiger partial charge >= 0.3 is 0 Å². The maximum Gasteiger partial charge on any atom is 0.233 e. The van der Waals surface area contributed by atoms with E-state index in [1.54, 1.807) is 6.92 Å². The highest BCUT2D eigenvalue weighted by atomic mass is 32.2. The third-order valence-electron chi connectivity index (χ3n) is 3.13. The highest BCUT2D eigenvalue weighted by Crippen LogP contribution is 2.26. The van der Waals surface area contributed by atoms with Crippen LogP contribution in [0.2, 0.25) is 0 Å². The minimum absolute atomic E-state index is 0.0402. The Morgan fingerprint density at radius 2 is 1.79 bits per heavy atom. The Hall–Kier alpha value is -0.730. The quantitative estimate of drug-likeness (QED) is 0.526. The molecule has 0 aliphatic rings. The van der Waals surface area contributed by atoms with Crippen LogP contribution in [0.25, 0.3) is 0 Å². The third-order valence-corrected chi connectivity index (χ3v) is 4.99. The number of rotatable bonds is 9. The molecule has 0 unspecified atom stereocenters. The molecule has 0 aromatic heterocycles. The van der Waals surface area contributed by atoms with E-state index in [1.807, 2.05) is 13.8 Å². The van der Waals surface area contributed by atoms with Crippen LogP contribution in [0.5, 0.6) is 0 Å². The molecule has 0 bridgehead atoms. The van der Waals surface area contributed by atoms with Crippen molar-refractivity contribution in [1.82, 2.24) is 10.0 Å². The van der Waals surface area contributed by atoms with Crippen molar-refractivity contribution >= 4 is 33.1 Å². The smallest absolute Gasteiger partial charge is 0.233 e. The first-order valence-electron chi connectivity index (χ1n) is 6.31. The molecule has 8 heteroatoms. The Morgan fingerprint density at radius 3 is 2.16 bits per heavy atom. The van der Waals surface area contributed by atoms with Crippen molar-refractivity contribution in [2.45, 2.75) is 33.6 Å². The molecule has 0 aromatic carbocycles. The first-order valence-corrected chi connectivity index (χ1v) is 8.37. The molecule has 1 amide bonds. The van der Waals surface area contributed by atoms with Gasteiger partial charge in [0.15, 0.2) is 0 Å². The molecule has 19 heavy (non-hydrogen) atoms. The third kappa shape index (κ3) is 5.04. The molecule has 0 spiro atoms. The summed E-state index contributed by atoms with van der Waals surface area (Å²) in [7, 11) is -3.34. The molecule has 112 valence electrons. The van der Waals surface area contributed by atoms with E-state index < -0.39 is 15.4 Å². The van der Waals surface area contributed by atoms with E-state index in [0.717, 1.165) is 0 Å². The normalized spacial score (nSPS) is 12.2. The number of thiocarbonyl (C=S) groups is 1. The van der Waals surface area contributed by atoms with Crippen LogP contribution in [0.3, 0.4) is 0 Å². The molecule has 0 aliphatic carbocycles. The van der Waals surface area contributed by atoms with Gasteiger partial charge in [0.25, 0.3) is 0 Å². The molecule has 0 aliphatic heterocycles. The summed E-state index contributed by atoms with van der Waals surface area (Å²) in [5.41, 5.74) is 4.75. The molecule has 0 fully saturated rings. The van der Waals surface area contributed by atoms with E-state index in [1.165, 1.54) is 0 Å². The van der Waals surface area contributed by atoms with Crippen LogP contribution in [0, 0.1) is 5.41 Å². The molecule has 0 heterocycles. The van der Waals surface area contributed by atoms with Crippen LogP contribution < -0.4 is 15.8 Å². The van der Waals surface area contributed by atoms with Gasteiger partial charge in [-0.1, -0.05) is 33.0 Å². The average Bonchev–Trinajstić information content (AvgIpc) is 2.30. The number of hydrogen-bond donors (Lipinski definition) is 3. The Balaban J connectivity index is 4.58. The van der Waals surface area contributed by atoms with Crippen LogP contribution in [0.1, 0.15) is 33.6 Å². The topological polar surface area (TPSA) is 101 Å². The molecule has 6 nitrogen and oxygen atoms in total. The monoisotopic (exact) mass is 309 g/mol. The SMILES string of the molecule is CCNS(=O)(=O)CCNC(=O)C(CC)(CC)C(N)=S. The molecule has 4 N–H and O–H groups in total. The molecular weight excluding hydrogens is 286 g/mol. The number of nitrogens with two attached hydrogens (primary N) is 1. The lowest BCUT2D eigenvalue weighted by molar-refractivity contribution is -0.127. The van der Waals surface area contributed by atoms with Gasteiger partial charge < -0.3 is 11.1 Å². The fourth-order valence-corrected chi connectivity index (χ4v) is 3.13. The summed E-state index contributed by atoms with van der Waals surface area (Å²) in [5.74, 6) is -0.468. The molecule has 0 rings (SSSR count). The van der Waals surface area contributed by atoms with Gasteiger partial charge in [-0.3, -0.25) is 4.79 Å². The highest BCUT2D eigenvalue weighted by Gasteiger charge is 2.37. The van der Waals surface area contributed by atoms with Crippen LogP contribution in [-0.2, 0) is 14.8 Å². The number of sulfonamides is 1. The van der Waals surface area contributed by atoms with Gasteiger partial charge in [0.1, 0.15) is 0 Å².